The maximum absolute atomic E-state index is 13.4. The van der Waals surface area contributed by atoms with Gasteiger partial charge in [-0.2, -0.15) is 0 Å². The molecule has 0 heterocycles. The van der Waals surface area contributed by atoms with Crippen LogP contribution in [0.5, 0.6) is 11.5 Å². The van der Waals surface area contributed by atoms with Gasteiger partial charge >= 0.3 is 0 Å². The molecular weight excluding hydrogens is 646 g/mol. The molecule has 0 N–H and O–H groups in total. The number of carbonyl (C=O) groups excluding carboxylic acids is 2. The number of ether oxygens (including phenoxy) is 1. The summed E-state index contributed by atoms with van der Waals surface area (Å²) in [6.45, 7) is 8.01. The summed E-state index contributed by atoms with van der Waals surface area (Å²) >= 11 is 26.3. The van der Waals surface area contributed by atoms with Crippen molar-refractivity contribution >= 4 is 68.0 Å². The van der Waals surface area contributed by atoms with Gasteiger partial charge in [0.2, 0.25) is 11.6 Å². The molecule has 4 rings (SSSR count). The highest BCUT2D eigenvalue weighted by Crippen LogP contribution is 2.35. The van der Waals surface area contributed by atoms with E-state index in [0.717, 1.165) is 46.2 Å². The Balaban J connectivity index is 1.61. The summed E-state index contributed by atoms with van der Waals surface area (Å²) in [4.78, 5) is 26.7. The van der Waals surface area contributed by atoms with Gasteiger partial charge in [0.25, 0.3) is 0 Å². The van der Waals surface area contributed by atoms with Gasteiger partial charge in [-0.15, -0.1) is 0 Å². The Labute approximate surface area is 285 Å². The fourth-order valence-corrected chi connectivity index (χ4v) is 6.05. The molecule has 45 heavy (non-hydrogen) atoms. The fourth-order valence-electron chi connectivity index (χ4n) is 5.09. The van der Waals surface area contributed by atoms with Crippen molar-refractivity contribution < 1.29 is 14.3 Å². The number of ketones is 2. The van der Waals surface area contributed by atoms with Crippen molar-refractivity contribution in [3.05, 3.63) is 140 Å². The molecule has 0 aromatic heterocycles. The van der Waals surface area contributed by atoms with Crippen LogP contribution >= 0.6 is 46.4 Å². The van der Waals surface area contributed by atoms with Gasteiger partial charge in [0.1, 0.15) is 21.6 Å². The highest BCUT2D eigenvalue weighted by atomic mass is 35.5. The lowest BCUT2D eigenvalue weighted by atomic mass is 10.0. The first-order valence-corrected chi connectivity index (χ1v) is 16.5. The maximum atomic E-state index is 13.4. The lowest BCUT2D eigenvalue weighted by molar-refractivity contribution is 0.103. The average Bonchev–Trinajstić information content (AvgIpc) is 3.09. The molecule has 0 aliphatic rings. The van der Waals surface area contributed by atoms with E-state index < -0.39 is 0 Å². The molecule has 4 aromatic rings. The average molecular weight is 680 g/mol. The quantitative estimate of drug-likeness (QED) is 0.111. The van der Waals surface area contributed by atoms with Crippen LogP contribution in [0.25, 0.3) is 10.1 Å². The molecule has 0 aliphatic heterocycles. The van der Waals surface area contributed by atoms with Gasteiger partial charge < -0.3 is 4.74 Å². The van der Waals surface area contributed by atoms with Crippen LogP contribution in [-0.4, -0.2) is 11.6 Å². The zero-order valence-corrected chi connectivity index (χ0v) is 28.7. The summed E-state index contributed by atoms with van der Waals surface area (Å²) in [5.74, 6) is 0.470. The smallest absolute Gasteiger partial charge is 0.205 e. The first-order valence-electron chi connectivity index (χ1n) is 14.9. The minimum Gasteiger partial charge on any atom is -0.457 e. The minimum atomic E-state index is -0.365. The number of halogens is 4. The monoisotopic (exact) mass is 678 g/mol. The molecule has 0 spiro atoms. The summed E-state index contributed by atoms with van der Waals surface area (Å²) in [5.41, 5.74) is 5.98. The van der Waals surface area contributed by atoms with Crippen molar-refractivity contribution in [3.8, 4) is 11.5 Å². The highest BCUT2D eigenvalue weighted by molar-refractivity contribution is 6.61. The van der Waals surface area contributed by atoms with Crippen molar-refractivity contribution in [2.45, 2.75) is 53.4 Å². The van der Waals surface area contributed by atoms with Gasteiger partial charge in [0.15, 0.2) is 0 Å². The Morgan fingerprint density at radius 1 is 0.511 bits per heavy atom. The number of benzene rings is 4. The van der Waals surface area contributed by atoms with E-state index in [1.807, 2.05) is 76.2 Å². The Kier molecular flexibility index (Phi) is 12.1. The van der Waals surface area contributed by atoms with E-state index in [0.29, 0.717) is 35.5 Å². The fraction of sp³-hybridized carbons (Fsp3) is 0.211. The predicted molar refractivity (Wildman–Crippen MR) is 189 cm³/mol. The standard InChI is InChI=1S/C38H34Cl4O3/c1-5-23-13-9-11-15-29(23)33(39)35(41)37(43)27-17-19-31(25(7-3)21-27)45-32-20-18-28(22-26(32)8-4)38(44)36(42)34(40)30-16-12-10-14-24(30)6-2/h9-22H,5-8H2,1-4H3/b35-33+,36-34+. The number of hydrogen-bond donors (Lipinski definition) is 0. The zero-order valence-electron chi connectivity index (χ0n) is 25.6. The van der Waals surface area contributed by atoms with Gasteiger partial charge in [-0.25, -0.2) is 0 Å². The topological polar surface area (TPSA) is 43.4 Å². The molecule has 4 aromatic carbocycles. The third kappa shape index (κ3) is 7.73. The van der Waals surface area contributed by atoms with Gasteiger partial charge in [0, 0.05) is 11.1 Å². The molecule has 0 aliphatic carbocycles. The van der Waals surface area contributed by atoms with E-state index in [9.17, 15) is 9.59 Å². The second kappa shape index (κ2) is 15.8. The highest BCUT2D eigenvalue weighted by Gasteiger charge is 2.21. The van der Waals surface area contributed by atoms with Crippen LogP contribution in [0, 0.1) is 0 Å². The second-order valence-electron chi connectivity index (χ2n) is 10.4. The Bertz CT molecular complexity index is 1670. The summed E-state index contributed by atoms with van der Waals surface area (Å²) in [6, 6.07) is 25.7. The molecule has 0 radical (unpaired) electrons. The molecule has 0 fully saturated rings. The van der Waals surface area contributed by atoms with Gasteiger partial charge in [-0.05, 0) is 95.5 Å². The van der Waals surface area contributed by atoms with Crippen LogP contribution < -0.4 is 4.74 Å². The molecule has 0 unspecified atom stereocenters. The predicted octanol–water partition coefficient (Wildman–Crippen LogP) is 11.8. The van der Waals surface area contributed by atoms with E-state index in [-0.39, 0.29) is 31.7 Å². The largest absolute Gasteiger partial charge is 0.457 e. The zero-order chi connectivity index (χ0) is 32.7. The lowest BCUT2D eigenvalue weighted by Gasteiger charge is -2.15. The Hall–Kier alpha value is -3.34. The van der Waals surface area contributed by atoms with Crippen LogP contribution in [0.1, 0.15) is 81.8 Å². The Morgan fingerprint density at radius 2 is 0.867 bits per heavy atom. The number of hydrogen-bond acceptors (Lipinski definition) is 3. The third-order valence-electron chi connectivity index (χ3n) is 7.68. The maximum Gasteiger partial charge on any atom is 0.205 e. The van der Waals surface area contributed by atoms with Crippen LogP contribution in [0.3, 0.4) is 0 Å². The van der Waals surface area contributed by atoms with Crippen molar-refractivity contribution in [2.75, 3.05) is 0 Å². The van der Waals surface area contributed by atoms with Crippen molar-refractivity contribution in [1.82, 2.24) is 0 Å². The molecule has 0 saturated heterocycles. The van der Waals surface area contributed by atoms with Crippen molar-refractivity contribution in [1.29, 1.82) is 0 Å². The normalized spacial score (nSPS) is 12.4. The number of carbonyl (C=O) groups is 2. The van der Waals surface area contributed by atoms with Crippen molar-refractivity contribution in [3.63, 3.8) is 0 Å². The van der Waals surface area contributed by atoms with Crippen LogP contribution in [0.4, 0.5) is 0 Å². The Morgan fingerprint density at radius 3 is 1.22 bits per heavy atom. The summed E-state index contributed by atoms with van der Waals surface area (Å²) in [6.07, 6.45) is 2.74. The lowest BCUT2D eigenvalue weighted by Crippen LogP contribution is -2.05. The second-order valence-corrected chi connectivity index (χ2v) is 11.9. The summed E-state index contributed by atoms with van der Waals surface area (Å²) < 4.78 is 6.34. The third-order valence-corrected chi connectivity index (χ3v) is 9.38. The minimum absolute atomic E-state index is 0.0344. The first-order chi connectivity index (χ1) is 21.6. The van der Waals surface area contributed by atoms with Crippen molar-refractivity contribution in [2.24, 2.45) is 0 Å². The van der Waals surface area contributed by atoms with Gasteiger partial charge in [0.05, 0.1) is 10.1 Å². The number of rotatable bonds is 12. The molecular formula is C38H34Cl4O3. The number of aryl methyl sites for hydroxylation is 4. The SMILES string of the molecule is CCc1cc(C(=O)/C(Cl)=C(\Cl)c2ccccc2CC)ccc1Oc1ccc(C(=O)/C(Cl)=C(\Cl)c2ccccc2CC)cc1CC. The first kappa shape index (κ1) is 34.5. The molecule has 232 valence electrons. The van der Waals surface area contributed by atoms with Crippen LogP contribution in [-0.2, 0) is 25.7 Å². The molecule has 0 bridgehead atoms. The van der Waals surface area contributed by atoms with E-state index in [2.05, 4.69) is 0 Å². The number of Topliss-reactive ketones (excluding diaryl/α,β-unsaturated/α-hetero) is 2. The van der Waals surface area contributed by atoms with E-state index in [4.69, 9.17) is 51.1 Å². The van der Waals surface area contributed by atoms with E-state index in [1.165, 1.54) is 0 Å². The summed E-state index contributed by atoms with van der Waals surface area (Å²) in [7, 11) is 0. The molecule has 0 saturated carbocycles. The van der Waals surface area contributed by atoms with E-state index >= 15 is 0 Å². The molecule has 3 nitrogen and oxygen atoms in total. The molecule has 7 heteroatoms. The summed E-state index contributed by atoms with van der Waals surface area (Å²) in [5, 5.41) is 0.386. The van der Waals surface area contributed by atoms with Crippen LogP contribution in [0.15, 0.2) is 95.0 Å². The van der Waals surface area contributed by atoms with Crippen LogP contribution in [0.2, 0.25) is 0 Å². The van der Waals surface area contributed by atoms with Gasteiger partial charge in [-0.3, -0.25) is 9.59 Å². The molecule has 0 atom stereocenters. The van der Waals surface area contributed by atoms with E-state index in [1.54, 1.807) is 36.4 Å². The molecule has 0 amide bonds. The van der Waals surface area contributed by atoms with Gasteiger partial charge in [-0.1, -0.05) is 123 Å². The number of allylic oxidation sites excluding steroid dienone is 2.